The minimum Gasteiger partial charge on any atom is -0.356 e. The number of aryl methyl sites for hydroxylation is 1. The third-order valence-electron chi connectivity index (χ3n) is 4.70. The number of rotatable bonds is 3. The molecule has 0 aliphatic carbocycles. The Morgan fingerprint density at radius 3 is 2.76 bits per heavy atom. The normalized spacial score (nSPS) is 16.1. The molecule has 1 atom stereocenters. The molecule has 1 unspecified atom stereocenters. The fourth-order valence-corrected chi connectivity index (χ4v) is 3.43. The Hall–Kier alpha value is -2.88. The SMILES string of the molecule is Cc1ccc(-c2cc(CC(=O)N3c4ccccc4CC3C)no2)cc1. The van der Waals surface area contributed by atoms with Gasteiger partial charge in [0.2, 0.25) is 5.91 Å². The number of aromatic nitrogens is 1. The highest BCUT2D eigenvalue weighted by atomic mass is 16.5. The van der Waals surface area contributed by atoms with Gasteiger partial charge in [0.1, 0.15) is 0 Å². The minimum absolute atomic E-state index is 0.0567. The Balaban J connectivity index is 1.53. The smallest absolute Gasteiger partial charge is 0.233 e. The first-order valence-electron chi connectivity index (χ1n) is 8.54. The largest absolute Gasteiger partial charge is 0.356 e. The van der Waals surface area contributed by atoms with Crippen LogP contribution < -0.4 is 4.90 Å². The van der Waals surface area contributed by atoms with Crippen molar-refractivity contribution in [1.82, 2.24) is 5.16 Å². The fraction of sp³-hybridized carbons (Fsp3) is 0.238. The molecule has 4 rings (SSSR count). The lowest BCUT2D eigenvalue weighted by molar-refractivity contribution is -0.118. The number of amides is 1. The molecule has 0 bridgehead atoms. The molecule has 0 saturated carbocycles. The predicted octanol–water partition coefficient (Wildman–Crippen LogP) is 4.17. The Morgan fingerprint density at radius 1 is 1.20 bits per heavy atom. The molecule has 2 heterocycles. The summed E-state index contributed by atoms with van der Waals surface area (Å²) in [6, 6.07) is 18.2. The van der Waals surface area contributed by atoms with Gasteiger partial charge in [-0.25, -0.2) is 0 Å². The molecule has 4 heteroatoms. The number of nitrogens with zero attached hydrogens (tertiary/aromatic N) is 2. The second-order valence-corrected chi connectivity index (χ2v) is 6.67. The van der Waals surface area contributed by atoms with E-state index >= 15 is 0 Å². The van der Waals surface area contributed by atoms with E-state index in [0.717, 1.165) is 17.7 Å². The van der Waals surface area contributed by atoms with Crippen molar-refractivity contribution in [2.45, 2.75) is 32.7 Å². The van der Waals surface area contributed by atoms with Crippen LogP contribution in [-0.2, 0) is 17.6 Å². The monoisotopic (exact) mass is 332 g/mol. The molecular formula is C21H20N2O2. The van der Waals surface area contributed by atoms with Crippen LogP contribution in [0.15, 0.2) is 59.1 Å². The number of anilines is 1. The zero-order valence-electron chi connectivity index (χ0n) is 14.4. The van der Waals surface area contributed by atoms with E-state index < -0.39 is 0 Å². The fourth-order valence-electron chi connectivity index (χ4n) is 3.43. The van der Waals surface area contributed by atoms with Crippen molar-refractivity contribution in [2.75, 3.05) is 4.90 Å². The zero-order chi connectivity index (χ0) is 17.4. The third kappa shape index (κ3) is 2.95. The summed E-state index contributed by atoms with van der Waals surface area (Å²) in [7, 11) is 0. The second kappa shape index (κ2) is 6.20. The van der Waals surface area contributed by atoms with Gasteiger partial charge in [-0.2, -0.15) is 0 Å². The Labute approximate surface area is 147 Å². The summed E-state index contributed by atoms with van der Waals surface area (Å²) in [5, 5.41) is 4.08. The maximum absolute atomic E-state index is 12.8. The highest BCUT2D eigenvalue weighted by Crippen LogP contribution is 2.32. The molecule has 25 heavy (non-hydrogen) atoms. The van der Waals surface area contributed by atoms with Crippen molar-refractivity contribution in [1.29, 1.82) is 0 Å². The highest BCUT2D eigenvalue weighted by molar-refractivity contribution is 5.97. The van der Waals surface area contributed by atoms with Crippen molar-refractivity contribution in [2.24, 2.45) is 0 Å². The first-order chi connectivity index (χ1) is 12.1. The van der Waals surface area contributed by atoms with Gasteiger partial charge in [-0.05, 0) is 31.9 Å². The van der Waals surface area contributed by atoms with Crippen LogP contribution in [0.2, 0.25) is 0 Å². The van der Waals surface area contributed by atoms with Crippen LogP contribution in [0.3, 0.4) is 0 Å². The summed E-state index contributed by atoms with van der Waals surface area (Å²) in [5.74, 6) is 0.749. The van der Waals surface area contributed by atoms with E-state index in [9.17, 15) is 4.79 Å². The molecular weight excluding hydrogens is 312 g/mol. The predicted molar refractivity (Wildman–Crippen MR) is 97.5 cm³/mol. The number of para-hydroxylation sites is 1. The molecule has 1 aliphatic rings. The second-order valence-electron chi connectivity index (χ2n) is 6.67. The van der Waals surface area contributed by atoms with E-state index in [1.165, 1.54) is 11.1 Å². The summed E-state index contributed by atoms with van der Waals surface area (Å²) in [6.45, 7) is 4.13. The standard InChI is InChI=1S/C21H20N2O2/c1-14-7-9-16(10-8-14)20-12-18(22-25-20)13-21(24)23-15(2)11-17-5-3-4-6-19(17)23/h3-10,12,15H,11,13H2,1-2H3. The van der Waals surface area contributed by atoms with Crippen LogP contribution in [0.1, 0.15) is 23.7 Å². The van der Waals surface area contributed by atoms with Gasteiger partial charge in [0.15, 0.2) is 5.76 Å². The number of fused-ring (bicyclic) bond motifs is 1. The van der Waals surface area contributed by atoms with E-state index in [2.05, 4.69) is 18.1 Å². The topological polar surface area (TPSA) is 46.3 Å². The van der Waals surface area contributed by atoms with Crippen molar-refractivity contribution in [3.05, 3.63) is 71.4 Å². The maximum atomic E-state index is 12.8. The van der Waals surface area contributed by atoms with Crippen molar-refractivity contribution in [3.63, 3.8) is 0 Å². The quantitative estimate of drug-likeness (QED) is 0.723. The summed E-state index contributed by atoms with van der Waals surface area (Å²) >= 11 is 0. The summed E-state index contributed by atoms with van der Waals surface area (Å²) < 4.78 is 5.43. The van der Waals surface area contributed by atoms with Gasteiger partial charge >= 0.3 is 0 Å². The van der Waals surface area contributed by atoms with E-state index in [-0.39, 0.29) is 18.4 Å². The van der Waals surface area contributed by atoms with Crippen LogP contribution in [0.4, 0.5) is 5.69 Å². The average Bonchev–Trinajstić information content (AvgIpc) is 3.18. The lowest BCUT2D eigenvalue weighted by atomic mass is 10.1. The Bertz CT molecular complexity index is 912. The van der Waals surface area contributed by atoms with Crippen molar-refractivity contribution in [3.8, 4) is 11.3 Å². The summed E-state index contributed by atoms with van der Waals surface area (Å²) in [6.07, 6.45) is 1.14. The Morgan fingerprint density at radius 2 is 1.96 bits per heavy atom. The molecule has 4 nitrogen and oxygen atoms in total. The number of carbonyl (C=O) groups excluding carboxylic acids is 1. The first-order valence-corrected chi connectivity index (χ1v) is 8.54. The van der Waals surface area contributed by atoms with E-state index in [0.29, 0.717) is 11.5 Å². The third-order valence-corrected chi connectivity index (χ3v) is 4.70. The first kappa shape index (κ1) is 15.6. The molecule has 1 amide bonds. The van der Waals surface area contributed by atoms with E-state index in [1.807, 2.05) is 60.4 Å². The summed E-state index contributed by atoms with van der Waals surface area (Å²) in [5.41, 5.74) is 5.07. The molecule has 2 aromatic carbocycles. The van der Waals surface area contributed by atoms with E-state index in [4.69, 9.17) is 4.52 Å². The maximum Gasteiger partial charge on any atom is 0.233 e. The van der Waals surface area contributed by atoms with E-state index in [1.54, 1.807) is 0 Å². The lowest BCUT2D eigenvalue weighted by Gasteiger charge is -2.22. The van der Waals surface area contributed by atoms with Gasteiger partial charge in [-0.15, -0.1) is 0 Å². The van der Waals surface area contributed by atoms with Crippen molar-refractivity contribution < 1.29 is 9.32 Å². The summed E-state index contributed by atoms with van der Waals surface area (Å²) in [4.78, 5) is 14.7. The molecule has 0 radical (unpaired) electrons. The molecule has 3 aromatic rings. The molecule has 1 aromatic heterocycles. The van der Waals surface area contributed by atoms with Gasteiger partial charge in [0, 0.05) is 23.4 Å². The number of hydrogen-bond donors (Lipinski definition) is 0. The van der Waals surface area contributed by atoms with Gasteiger partial charge < -0.3 is 9.42 Å². The zero-order valence-corrected chi connectivity index (χ0v) is 14.4. The van der Waals surface area contributed by atoms with Gasteiger partial charge in [0.25, 0.3) is 0 Å². The van der Waals surface area contributed by atoms with Gasteiger partial charge in [0.05, 0.1) is 12.1 Å². The van der Waals surface area contributed by atoms with Crippen LogP contribution in [0.25, 0.3) is 11.3 Å². The molecule has 0 N–H and O–H groups in total. The molecule has 0 fully saturated rings. The van der Waals surface area contributed by atoms with Gasteiger partial charge in [-0.3, -0.25) is 4.79 Å². The molecule has 0 spiro atoms. The molecule has 0 saturated heterocycles. The number of benzene rings is 2. The van der Waals surface area contributed by atoms with Crippen LogP contribution in [0, 0.1) is 6.92 Å². The number of carbonyl (C=O) groups is 1. The van der Waals surface area contributed by atoms with Gasteiger partial charge in [-0.1, -0.05) is 53.2 Å². The Kier molecular flexibility index (Phi) is 3.88. The van der Waals surface area contributed by atoms with Crippen LogP contribution in [0.5, 0.6) is 0 Å². The average molecular weight is 332 g/mol. The lowest BCUT2D eigenvalue weighted by Crippen LogP contribution is -2.36. The van der Waals surface area contributed by atoms with Crippen LogP contribution >= 0.6 is 0 Å². The minimum atomic E-state index is 0.0567. The van der Waals surface area contributed by atoms with Crippen LogP contribution in [-0.4, -0.2) is 17.1 Å². The number of hydrogen-bond acceptors (Lipinski definition) is 3. The molecule has 126 valence electrons. The molecule has 1 aliphatic heterocycles. The highest BCUT2D eigenvalue weighted by Gasteiger charge is 2.30. The van der Waals surface area contributed by atoms with Crippen molar-refractivity contribution >= 4 is 11.6 Å².